The number of carbonyl (C=O) groups excluding carboxylic acids is 1. The van der Waals surface area contributed by atoms with Crippen molar-refractivity contribution in [3.05, 3.63) is 77.6 Å². The van der Waals surface area contributed by atoms with Crippen LogP contribution in [0.15, 0.2) is 60.9 Å². The third-order valence-electron chi connectivity index (χ3n) is 5.20. The first-order valence-corrected chi connectivity index (χ1v) is 11.4. The van der Waals surface area contributed by atoms with Crippen molar-refractivity contribution in [2.24, 2.45) is 0 Å². The molecule has 1 amide bonds. The number of methoxy groups -OCH3 is 3. The molecule has 0 bridgehead atoms. The number of ether oxygens (including phenoxy) is 3. The summed E-state index contributed by atoms with van der Waals surface area (Å²) in [5.41, 5.74) is 3.66. The number of rotatable bonds is 8. The van der Waals surface area contributed by atoms with E-state index in [0.29, 0.717) is 28.9 Å². The first-order chi connectivity index (χ1) is 16.5. The van der Waals surface area contributed by atoms with Crippen molar-refractivity contribution in [3.63, 3.8) is 0 Å². The lowest BCUT2D eigenvalue weighted by atomic mass is 10.1. The number of anilines is 1. The van der Waals surface area contributed by atoms with Crippen LogP contribution in [0.3, 0.4) is 0 Å². The minimum Gasteiger partial charge on any atom is -0.493 e. The van der Waals surface area contributed by atoms with Gasteiger partial charge in [0.25, 0.3) is 5.91 Å². The van der Waals surface area contributed by atoms with E-state index >= 15 is 0 Å². The second-order valence-corrected chi connectivity index (χ2v) is 8.55. The van der Waals surface area contributed by atoms with Gasteiger partial charge in [0.05, 0.1) is 38.1 Å². The van der Waals surface area contributed by atoms with Gasteiger partial charge in [0.15, 0.2) is 16.6 Å². The smallest absolute Gasteiger partial charge is 0.253 e. The summed E-state index contributed by atoms with van der Waals surface area (Å²) in [4.78, 5) is 24.0. The van der Waals surface area contributed by atoms with Crippen molar-refractivity contribution >= 4 is 38.7 Å². The molecule has 7 nitrogen and oxygen atoms in total. The Morgan fingerprint density at radius 2 is 1.82 bits per heavy atom. The van der Waals surface area contributed by atoms with Crippen molar-refractivity contribution in [2.75, 3.05) is 26.2 Å². The average molecular weight is 476 g/mol. The van der Waals surface area contributed by atoms with Gasteiger partial charge in [0.2, 0.25) is 5.75 Å². The highest BCUT2D eigenvalue weighted by Gasteiger charge is 2.19. The molecule has 8 heteroatoms. The van der Waals surface area contributed by atoms with Gasteiger partial charge >= 0.3 is 0 Å². The Bertz CT molecular complexity index is 1310. The molecule has 174 valence electrons. The molecule has 0 aliphatic heterocycles. The number of nitrogens with zero attached hydrogens (tertiary/aromatic N) is 3. The number of amides is 1. The highest BCUT2D eigenvalue weighted by Crippen LogP contribution is 2.38. The number of hydrogen-bond acceptors (Lipinski definition) is 7. The minimum atomic E-state index is -0.201. The van der Waals surface area contributed by atoms with Crippen LogP contribution in [0.4, 0.5) is 5.13 Å². The van der Waals surface area contributed by atoms with E-state index in [1.54, 1.807) is 56.8 Å². The van der Waals surface area contributed by atoms with Gasteiger partial charge in [-0.2, -0.15) is 0 Å². The third-order valence-corrected chi connectivity index (χ3v) is 6.24. The fourth-order valence-corrected chi connectivity index (χ4v) is 4.57. The van der Waals surface area contributed by atoms with Gasteiger partial charge in [-0.15, -0.1) is 0 Å². The average Bonchev–Trinajstić information content (AvgIpc) is 3.28. The molecular weight excluding hydrogens is 450 g/mol. The molecule has 0 fully saturated rings. The molecule has 4 aromatic rings. The van der Waals surface area contributed by atoms with Crippen molar-refractivity contribution in [1.29, 1.82) is 0 Å². The highest BCUT2D eigenvalue weighted by atomic mass is 32.1. The predicted molar refractivity (Wildman–Crippen MR) is 135 cm³/mol. The lowest BCUT2D eigenvalue weighted by Gasteiger charge is -2.18. The zero-order valence-corrected chi connectivity index (χ0v) is 20.3. The van der Waals surface area contributed by atoms with Crippen LogP contribution in [0, 0.1) is 6.92 Å². The normalized spacial score (nSPS) is 11.1. The number of aromatic nitrogens is 2. The van der Waals surface area contributed by atoms with E-state index in [0.717, 1.165) is 26.9 Å². The third kappa shape index (κ3) is 5.02. The molecule has 0 unspecified atom stereocenters. The molecule has 2 aromatic heterocycles. The molecular formula is C26H25N3O4S. The van der Waals surface area contributed by atoms with Crippen LogP contribution in [0.25, 0.3) is 16.3 Å². The molecule has 2 aromatic carbocycles. The first kappa shape index (κ1) is 23.3. The Hall–Kier alpha value is -3.91. The van der Waals surface area contributed by atoms with Crippen molar-refractivity contribution in [2.45, 2.75) is 13.5 Å². The van der Waals surface area contributed by atoms with Gasteiger partial charge in [0.1, 0.15) is 0 Å². The number of carbonyl (C=O) groups is 1. The maximum atomic E-state index is 13.4. The Labute approximate surface area is 202 Å². The van der Waals surface area contributed by atoms with E-state index in [9.17, 15) is 4.79 Å². The summed E-state index contributed by atoms with van der Waals surface area (Å²) in [5, 5.41) is 0.629. The van der Waals surface area contributed by atoms with Gasteiger partial charge in [-0.3, -0.25) is 14.7 Å². The Balaban J connectivity index is 1.68. The molecule has 0 atom stereocenters. The van der Waals surface area contributed by atoms with Crippen LogP contribution in [0.5, 0.6) is 17.2 Å². The predicted octanol–water partition coefficient (Wildman–Crippen LogP) is 5.27. The van der Waals surface area contributed by atoms with Crippen molar-refractivity contribution in [3.8, 4) is 17.2 Å². The van der Waals surface area contributed by atoms with Crippen molar-refractivity contribution < 1.29 is 19.0 Å². The van der Waals surface area contributed by atoms with Crippen LogP contribution in [-0.4, -0.2) is 37.2 Å². The molecule has 0 saturated heterocycles. The maximum Gasteiger partial charge on any atom is 0.253 e. The second-order valence-electron chi connectivity index (χ2n) is 7.55. The van der Waals surface area contributed by atoms with Crippen LogP contribution < -0.4 is 19.1 Å². The summed E-state index contributed by atoms with van der Waals surface area (Å²) in [5.74, 6) is 1.33. The SMILES string of the molecule is COc1cc(/C=C/C(=O)N(Cc2cccnc2)c2nc3ccc(C)cc3s2)cc(OC)c1OC. The minimum absolute atomic E-state index is 0.201. The summed E-state index contributed by atoms with van der Waals surface area (Å²) in [6, 6.07) is 13.4. The van der Waals surface area contributed by atoms with Gasteiger partial charge < -0.3 is 14.2 Å². The highest BCUT2D eigenvalue weighted by molar-refractivity contribution is 7.22. The Kier molecular flexibility index (Phi) is 7.08. The van der Waals surface area contributed by atoms with E-state index in [4.69, 9.17) is 19.2 Å². The molecule has 4 rings (SSSR count). The van der Waals surface area contributed by atoms with E-state index in [1.807, 2.05) is 31.2 Å². The second kappa shape index (κ2) is 10.4. The standard InChI is InChI=1S/C26H25N3O4S/c1-17-7-9-20-23(12-17)34-26(28-20)29(16-19-6-5-11-27-15-19)24(30)10-8-18-13-21(31-2)25(33-4)22(14-18)32-3/h5-15H,16H2,1-4H3/b10-8+. The number of aryl methyl sites for hydroxylation is 1. The summed E-state index contributed by atoms with van der Waals surface area (Å²) < 4.78 is 17.2. The first-order valence-electron chi connectivity index (χ1n) is 10.6. The molecule has 0 aliphatic carbocycles. The number of thiazole rings is 1. The lowest BCUT2D eigenvalue weighted by molar-refractivity contribution is -0.114. The summed E-state index contributed by atoms with van der Waals surface area (Å²) in [7, 11) is 4.66. The maximum absolute atomic E-state index is 13.4. The zero-order valence-electron chi connectivity index (χ0n) is 19.4. The summed E-state index contributed by atoms with van der Waals surface area (Å²) in [6.45, 7) is 2.39. The number of fused-ring (bicyclic) bond motifs is 1. The van der Waals surface area contributed by atoms with Gasteiger partial charge in [-0.1, -0.05) is 23.5 Å². The van der Waals surface area contributed by atoms with E-state index in [-0.39, 0.29) is 5.91 Å². The monoisotopic (exact) mass is 475 g/mol. The number of hydrogen-bond donors (Lipinski definition) is 0. The molecule has 0 saturated carbocycles. The quantitative estimate of drug-likeness (QED) is 0.323. The van der Waals surface area contributed by atoms with E-state index in [2.05, 4.69) is 11.1 Å². The molecule has 0 N–H and O–H groups in total. The van der Waals surface area contributed by atoms with Gasteiger partial charge in [-0.05, 0) is 60.0 Å². The molecule has 0 radical (unpaired) electrons. The van der Waals surface area contributed by atoms with E-state index < -0.39 is 0 Å². The topological polar surface area (TPSA) is 73.8 Å². The van der Waals surface area contributed by atoms with E-state index in [1.165, 1.54) is 17.4 Å². The van der Waals surface area contributed by atoms with Crippen LogP contribution in [0.2, 0.25) is 0 Å². The van der Waals surface area contributed by atoms with Crippen LogP contribution in [-0.2, 0) is 11.3 Å². The van der Waals surface area contributed by atoms with Crippen LogP contribution in [0.1, 0.15) is 16.7 Å². The zero-order chi connectivity index (χ0) is 24.1. The fraction of sp³-hybridized carbons (Fsp3) is 0.192. The Morgan fingerprint density at radius 3 is 2.47 bits per heavy atom. The molecule has 0 aliphatic rings. The Morgan fingerprint density at radius 1 is 1.06 bits per heavy atom. The van der Waals surface area contributed by atoms with Crippen molar-refractivity contribution in [1.82, 2.24) is 9.97 Å². The number of pyridine rings is 1. The largest absolute Gasteiger partial charge is 0.493 e. The van der Waals surface area contributed by atoms with Gasteiger partial charge in [0, 0.05) is 18.5 Å². The number of benzene rings is 2. The molecule has 34 heavy (non-hydrogen) atoms. The van der Waals surface area contributed by atoms with Gasteiger partial charge in [-0.25, -0.2) is 4.98 Å². The fourth-order valence-electron chi connectivity index (χ4n) is 3.50. The molecule has 0 spiro atoms. The lowest BCUT2D eigenvalue weighted by Crippen LogP contribution is -2.28. The summed E-state index contributed by atoms with van der Waals surface area (Å²) in [6.07, 6.45) is 6.70. The summed E-state index contributed by atoms with van der Waals surface area (Å²) >= 11 is 1.49. The molecule has 2 heterocycles. The van der Waals surface area contributed by atoms with Crippen LogP contribution >= 0.6 is 11.3 Å².